The average molecular weight is 395 g/mol. The van der Waals surface area contributed by atoms with Crippen LogP contribution in [-0.2, 0) is 13.0 Å². The number of aromatic nitrogens is 2. The van der Waals surface area contributed by atoms with E-state index >= 15 is 0 Å². The van der Waals surface area contributed by atoms with Crippen molar-refractivity contribution < 1.29 is 10.2 Å². The highest BCUT2D eigenvalue weighted by atomic mass is 35.5. The Morgan fingerprint density at radius 3 is 2.54 bits per heavy atom. The van der Waals surface area contributed by atoms with Gasteiger partial charge in [-0.1, -0.05) is 29.3 Å². The maximum Gasteiger partial charge on any atom is 0.279 e. The van der Waals surface area contributed by atoms with E-state index in [-0.39, 0.29) is 18.7 Å². The molecule has 6 nitrogen and oxygen atoms in total. The quantitative estimate of drug-likeness (QED) is 0.695. The summed E-state index contributed by atoms with van der Waals surface area (Å²) in [6.45, 7) is 0.181. The molecule has 0 radical (unpaired) electrons. The zero-order valence-electron chi connectivity index (χ0n) is 13.7. The van der Waals surface area contributed by atoms with Crippen LogP contribution < -0.4 is 11.0 Å². The van der Waals surface area contributed by atoms with Crippen molar-refractivity contribution in [3.63, 3.8) is 0 Å². The summed E-state index contributed by atoms with van der Waals surface area (Å²) < 4.78 is 2.89. The van der Waals surface area contributed by atoms with Crippen LogP contribution in [0.2, 0.25) is 10.0 Å². The van der Waals surface area contributed by atoms with Gasteiger partial charge in [-0.05, 0) is 30.5 Å². The predicted octanol–water partition coefficient (Wildman–Crippen LogP) is 2.45. The molecule has 3 aromatic rings. The first kappa shape index (κ1) is 18.5. The maximum absolute atomic E-state index is 12.8. The molecule has 0 atom stereocenters. The lowest BCUT2D eigenvalue weighted by Crippen LogP contribution is -2.26. The molecular formula is C18H16Cl2N2O4. The summed E-state index contributed by atoms with van der Waals surface area (Å²) in [6, 6.07) is 6.24. The number of benzene rings is 1. The first-order valence-electron chi connectivity index (χ1n) is 7.94. The van der Waals surface area contributed by atoms with E-state index in [0.717, 1.165) is 5.56 Å². The highest BCUT2D eigenvalue weighted by molar-refractivity contribution is 6.42. The van der Waals surface area contributed by atoms with E-state index in [1.54, 1.807) is 24.4 Å². The number of aliphatic hydroxyl groups is 1. The summed E-state index contributed by atoms with van der Waals surface area (Å²) in [5, 5.41) is 20.0. The van der Waals surface area contributed by atoms with Gasteiger partial charge in [0.2, 0.25) is 5.43 Å². The molecule has 2 aromatic heterocycles. The van der Waals surface area contributed by atoms with Gasteiger partial charge in [-0.25, -0.2) is 0 Å². The molecule has 0 unspecified atom stereocenters. The number of hydrogen-bond acceptors (Lipinski definition) is 4. The van der Waals surface area contributed by atoms with Gasteiger partial charge in [0.15, 0.2) is 11.3 Å². The topological polar surface area (TPSA) is 83.9 Å². The van der Waals surface area contributed by atoms with E-state index in [0.29, 0.717) is 28.6 Å². The fraction of sp³-hybridized carbons (Fsp3) is 0.222. The van der Waals surface area contributed by atoms with E-state index in [9.17, 15) is 14.7 Å². The molecule has 0 fully saturated rings. The standard InChI is InChI=1S/C18H16Cl2N2O4/c19-13-4-3-11(8-14(13)20)9-21-10-12(2-1-7-23)22-6-5-15(24)17(25)16(22)18(21)26/h3-6,8,10,23,25H,1-2,7,9H2. The molecular weight excluding hydrogens is 379 g/mol. The lowest BCUT2D eigenvalue weighted by molar-refractivity contribution is 0.288. The van der Waals surface area contributed by atoms with Crippen LogP contribution in [-0.4, -0.2) is 25.8 Å². The van der Waals surface area contributed by atoms with Gasteiger partial charge >= 0.3 is 0 Å². The molecule has 0 bridgehead atoms. The molecule has 0 amide bonds. The number of hydrogen-bond donors (Lipinski definition) is 2. The number of halogens is 2. The van der Waals surface area contributed by atoms with Crippen LogP contribution >= 0.6 is 23.2 Å². The van der Waals surface area contributed by atoms with Gasteiger partial charge in [0.25, 0.3) is 5.56 Å². The van der Waals surface area contributed by atoms with Crippen LogP contribution in [0.15, 0.2) is 46.2 Å². The lowest BCUT2D eigenvalue weighted by Gasteiger charge is -2.14. The lowest BCUT2D eigenvalue weighted by atomic mass is 10.2. The number of rotatable bonds is 5. The molecule has 2 heterocycles. The van der Waals surface area contributed by atoms with Crippen molar-refractivity contribution >= 4 is 28.7 Å². The minimum absolute atomic E-state index is 0.0143. The minimum atomic E-state index is -0.623. The van der Waals surface area contributed by atoms with Gasteiger partial charge in [-0.15, -0.1) is 0 Å². The normalized spacial score (nSPS) is 11.2. The molecule has 3 rings (SSSR count). The number of fused-ring (bicyclic) bond motifs is 1. The second-order valence-electron chi connectivity index (χ2n) is 5.88. The van der Waals surface area contributed by atoms with Crippen LogP contribution in [0.25, 0.3) is 5.52 Å². The van der Waals surface area contributed by atoms with Crippen LogP contribution in [0.3, 0.4) is 0 Å². The molecule has 136 valence electrons. The minimum Gasteiger partial charge on any atom is -0.503 e. The van der Waals surface area contributed by atoms with E-state index in [1.807, 2.05) is 0 Å². The Morgan fingerprint density at radius 2 is 1.85 bits per heavy atom. The smallest absolute Gasteiger partial charge is 0.279 e. The first-order chi connectivity index (χ1) is 12.4. The molecule has 0 saturated heterocycles. The Hall–Kier alpha value is -2.28. The van der Waals surface area contributed by atoms with Crippen LogP contribution in [0, 0.1) is 0 Å². The van der Waals surface area contributed by atoms with Gasteiger partial charge in [-0.2, -0.15) is 0 Å². The summed E-state index contributed by atoms with van der Waals surface area (Å²) in [6.07, 6.45) is 4.05. The Labute approximate surface area is 158 Å². The van der Waals surface area contributed by atoms with Crippen molar-refractivity contribution in [2.45, 2.75) is 19.4 Å². The summed E-state index contributed by atoms with van der Waals surface area (Å²) in [4.78, 5) is 24.6. The molecule has 0 aliphatic rings. The number of aliphatic hydroxyl groups excluding tert-OH is 1. The average Bonchev–Trinajstić information content (AvgIpc) is 2.62. The Balaban J connectivity index is 2.19. The summed E-state index contributed by atoms with van der Waals surface area (Å²) in [5.74, 6) is -0.591. The van der Waals surface area contributed by atoms with Crippen molar-refractivity contribution in [1.82, 2.24) is 8.97 Å². The Morgan fingerprint density at radius 1 is 1.08 bits per heavy atom. The van der Waals surface area contributed by atoms with Crippen LogP contribution in [0.5, 0.6) is 5.75 Å². The monoisotopic (exact) mass is 394 g/mol. The largest absolute Gasteiger partial charge is 0.503 e. The zero-order chi connectivity index (χ0) is 18.8. The SMILES string of the molecule is O=c1ccn2c(CCCO)cn(Cc3ccc(Cl)c(Cl)c3)c(=O)c2c1O. The van der Waals surface area contributed by atoms with Gasteiger partial charge in [0.05, 0.1) is 16.6 Å². The third kappa shape index (κ3) is 3.49. The molecule has 8 heteroatoms. The molecule has 0 saturated carbocycles. The highest BCUT2D eigenvalue weighted by Gasteiger charge is 2.14. The van der Waals surface area contributed by atoms with Crippen LogP contribution in [0.4, 0.5) is 0 Å². The van der Waals surface area contributed by atoms with E-state index in [1.165, 1.54) is 21.2 Å². The fourth-order valence-corrected chi connectivity index (χ4v) is 3.12. The van der Waals surface area contributed by atoms with Crippen molar-refractivity contribution in [1.29, 1.82) is 0 Å². The summed E-state index contributed by atoms with van der Waals surface area (Å²) in [5.41, 5.74) is 0.218. The van der Waals surface area contributed by atoms with Gasteiger partial charge < -0.3 is 19.2 Å². The second-order valence-corrected chi connectivity index (χ2v) is 6.69. The first-order valence-corrected chi connectivity index (χ1v) is 8.69. The molecule has 0 spiro atoms. The number of aromatic hydroxyl groups is 1. The molecule has 0 aliphatic carbocycles. The van der Waals surface area contributed by atoms with Gasteiger partial charge in [0, 0.05) is 30.8 Å². The molecule has 26 heavy (non-hydrogen) atoms. The zero-order valence-corrected chi connectivity index (χ0v) is 15.2. The number of pyridine rings is 1. The van der Waals surface area contributed by atoms with Crippen molar-refractivity contribution in [2.24, 2.45) is 0 Å². The van der Waals surface area contributed by atoms with E-state index < -0.39 is 16.7 Å². The van der Waals surface area contributed by atoms with Gasteiger partial charge in [0.1, 0.15) is 0 Å². The molecule has 0 aliphatic heterocycles. The number of nitrogens with zero attached hydrogens (tertiary/aromatic N) is 2. The van der Waals surface area contributed by atoms with Crippen molar-refractivity contribution in [3.05, 3.63) is 78.5 Å². The highest BCUT2D eigenvalue weighted by Crippen LogP contribution is 2.23. The Bertz CT molecular complexity index is 1090. The van der Waals surface area contributed by atoms with Crippen molar-refractivity contribution in [3.8, 4) is 5.75 Å². The third-order valence-corrected chi connectivity index (χ3v) is 4.82. The summed E-state index contributed by atoms with van der Waals surface area (Å²) in [7, 11) is 0. The maximum atomic E-state index is 12.8. The summed E-state index contributed by atoms with van der Waals surface area (Å²) >= 11 is 11.9. The molecule has 2 N–H and O–H groups in total. The van der Waals surface area contributed by atoms with Crippen LogP contribution in [0.1, 0.15) is 17.7 Å². The van der Waals surface area contributed by atoms with E-state index in [2.05, 4.69) is 0 Å². The Kier molecular flexibility index (Phi) is 5.36. The fourth-order valence-electron chi connectivity index (χ4n) is 2.80. The number of aryl methyl sites for hydroxylation is 1. The molecule has 1 aromatic carbocycles. The third-order valence-electron chi connectivity index (χ3n) is 4.08. The second kappa shape index (κ2) is 7.53. The predicted molar refractivity (Wildman–Crippen MR) is 101 cm³/mol. The van der Waals surface area contributed by atoms with E-state index in [4.69, 9.17) is 28.3 Å². The van der Waals surface area contributed by atoms with Crippen molar-refractivity contribution in [2.75, 3.05) is 6.61 Å². The van der Waals surface area contributed by atoms with Gasteiger partial charge in [-0.3, -0.25) is 9.59 Å².